The minimum atomic E-state index is -0.264. The lowest BCUT2D eigenvalue weighted by Crippen LogP contribution is -2.19. The Kier molecular flexibility index (Phi) is 4.65. The number of nitrogens with one attached hydrogen (secondary N) is 2. The molecule has 28 heavy (non-hydrogen) atoms. The lowest BCUT2D eigenvalue weighted by Gasteiger charge is -2.18. The summed E-state index contributed by atoms with van der Waals surface area (Å²) in [4.78, 5) is 28.8. The molecule has 0 spiro atoms. The summed E-state index contributed by atoms with van der Waals surface area (Å²) >= 11 is 0. The zero-order valence-electron chi connectivity index (χ0n) is 15.7. The molecule has 0 unspecified atom stereocenters. The van der Waals surface area contributed by atoms with E-state index in [1.165, 1.54) is 0 Å². The Bertz CT molecular complexity index is 1060. The molecule has 2 aromatic carbocycles. The largest absolute Gasteiger partial charge is 0.334 e. The van der Waals surface area contributed by atoms with E-state index in [4.69, 9.17) is 4.52 Å². The fraction of sp³-hybridized carbons (Fsp3) is 0.238. The van der Waals surface area contributed by atoms with Crippen LogP contribution in [0.1, 0.15) is 47.9 Å². The number of anilines is 2. The number of hydrogen-bond acceptors (Lipinski definition) is 5. The van der Waals surface area contributed by atoms with E-state index >= 15 is 0 Å². The smallest absolute Gasteiger partial charge is 0.258 e. The quantitative estimate of drug-likeness (QED) is 0.717. The van der Waals surface area contributed by atoms with Gasteiger partial charge in [0.2, 0.25) is 5.91 Å². The molecule has 142 valence electrons. The molecule has 1 aliphatic rings. The highest BCUT2D eigenvalue weighted by Crippen LogP contribution is 2.28. The Balaban J connectivity index is 1.60. The van der Waals surface area contributed by atoms with Crippen molar-refractivity contribution < 1.29 is 14.1 Å². The topological polar surface area (TPSA) is 97.1 Å². The molecule has 0 atom stereocenters. The van der Waals surface area contributed by atoms with E-state index in [0.717, 1.165) is 11.3 Å². The van der Waals surface area contributed by atoms with Gasteiger partial charge in [0.1, 0.15) is 0 Å². The molecule has 2 heterocycles. The molecule has 2 amide bonds. The summed E-state index contributed by atoms with van der Waals surface area (Å²) in [6.45, 7) is 3.96. The zero-order chi connectivity index (χ0) is 19.7. The van der Waals surface area contributed by atoms with Gasteiger partial charge in [0.15, 0.2) is 5.82 Å². The van der Waals surface area contributed by atoms with E-state index in [1.807, 2.05) is 26.0 Å². The van der Waals surface area contributed by atoms with E-state index in [0.29, 0.717) is 41.4 Å². The van der Waals surface area contributed by atoms with Crippen molar-refractivity contribution in [3.63, 3.8) is 0 Å². The van der Waals surface area contributed by atoms with Crippen LogP contribution in [-0.4, -0.2) is 22.0 Å². The highest BCUT2D eigenvalue weighted by Gasteiger charge is 2.20. The van der Waals surface area contributed by atoms with Crippen molar-refractivity contribution in [2.75, 3.05) is 10.6 Å². The molecule has 0 radical (unpaired) electrons. The Morgan fingerprint density at radius 3 is 2.79 bits per heavy atom. The Labute approximate surface area is 162 Å². The van der Waals surface area contributed by atoms with Gasteiger partial charge in [-0.1, -0.05) is 31.1 Å². The Morgan fingerprint density at radius 1 is 1.18 bits per heavy atom. The van der Waals surface area contributed by atoms with Crippen molar-refractivity contribution in [2.24, 2.45) is 0 Å². The number of fused-ring (bicyclic) bond motifs is 1. The summed E-state index contributed by atoms with van der Waals surface area (Å²) in [6.07, 6.45) is 1.10. The van der Waals surface area contributed by atoms with Crippen LogP contribution in [0.2, 0.25) is 0 Å². The molecule has 0 bridgehead atoms. The van der Waals surface area contributed by atoms with Crippen LogP contribution in [0.4, 0.5) is 11.4 Å². The first kappa shape index (κ1) is 17.9. The predicted octanol–water partition coefficient (Wildman–Crippen LogP) is 4.00. The van der Waals surface area contributed by atoms with Crippen LogP contribution in [0, 0.1) is 0 Å². The predicted molar refractivity (Wildman–Crippen MR) is 105 cm³/mol. The van der Waals surface area contributed by atoms with Crippen LogP contribution < -0.4 is 10.6 Å². The lowest BCUT2D eigenvalue weighted by molar-refractivity contribution is -0.116. The van der Waals surface area contributed by atoms with E-state index < -0.39 is 0 Å². The number of benzene rings is 2. The minimum Gasteiger partial charge on any atom is -0.334 e. The van der Waals surface area contributed by atoms with Crippen molar-refractivity contribution in [1.82, 2.24) is 10.1 Å². The molecule has 0 saturated heterocycles. The third kappa shape index (κ3) is 3.51. The number of carbonyl (C=O) groups excluding carboxylic acids is 2. The fourth-order valence-corrected chi connectivity index (χ4v) is 3.11. The minimum absolute atomic E-state index is 0.0125. The molecule has 3 aromatic rings. The fourth-order valence-electron chi connectivity index (χ4n) is 3.11. The lowest BCUT2D eigenvalue weighted by atomic mass is 10.0. The van der Waals surface area contributed by atoms with Crippen molar-refractivity contribution in [1.29, 1.82) is 0 Å². The first-order valence-electron chi connectivity index (χ1n) is 9.18. The molecule has 0 aliphatic carbocycles. The number of amides is 2. The van der Waals surface area contributed by atoms with Crippen LogP contribution in [0.25, 0.3) is 11.5 Å². The Hall–Kier alpha value is -3.48. The first-order chi connectivity index (χ1) is 13.5. The average Bonchev–Trinajstić information content (AvgIpc) is 3.18. The molecule has 7 nitrogen and oxygen atoms in total. The summed E-state index contributed by atoms with van der Waals surface area (Å²) in [5.74, 6) is 0.803. The van der Waals surface area contributed by atoms with Gasteiger partial charge < -0.3 is 15.2 Å². The highest BCUT2D eigenvalue weighted by molar-refractivity contribution is 6.08. The van der Waals surface area contributed by atoms with Gasteiger partial charge in [-0.3, -0.25) is 9.59 Å². The Morgan fingerprint density at radius 2 is 2.00 bits per heavy atom. The number of aromatic nitrogens is 2. The molecule has 1 aromatic heterocycles. The number of hydrogen-bond donors (Lipinski definition) is 2. The van der Waals surface area contributed by atoms with Gasteiger partial charge in [-0.15, -0.1) is 0 Å². The van der Waals surface area contributed by atoms with E-state index in [-0.39, 0.29) is 17.7 Å². The third-order valence-electron chi connectivity index (χ3n) is 4.62. The van der Waals surface area contributed by atoms with Gasteiger partial charge in [0.25, 0.3) is 11.8 Å². The van der Waals surface area contributed by atoms with E-state index in [1.54, 1.807) is 30.3 Å². The summed E-state index contributed by atoms with van der Waals surface area (Å²) in [6, 6.07) is 12.6. The second kappa shape index (κ2) is 7.26. The van der Waals surface area contributed by atoms with Crippen molar-refractivity contribution in [3.8, 4) is 11.5 Å². The van der Waals surface area contributed by atoms with Crippen LogP contribution in [0.5, 0.6) is 0 Å². The van der Waals surface area contributed by atoms with Gasteiger partial charge in [0, 0.05) is 23.7 Å². The van der Waals surface area contributed by atoms with Crippen LogP contribution in [0.15, 0.2) is 47.0 Å². The molecule has 4 rings (SSSR count). The summed E-state index contributed by atoms with van der Waals surface area (Å²) in [5.41, 5.74) is 3.51. The van der Waals surface area contributed by atoms with E-state index in [9.17, 15) is 9.59 Å². The molecular formula is C21H20N4O3. The standard InChI is InChI=1S/C21H20N4O3/c1-12(2)19-24-21(28-25-19)16-6-4-3-5-15(16)20(27)22-14-8-9-17-13(11-14)7-10-18(26)23-17/h3-6,8-9,11-12H,7,10H2,1-2H3,(H,22,27)(H,23,26). The number of rotatable bonds is 4. The highest BCUT2D eigenvalue weighted by atomic mass is 16.5. The van der Waals surface area contributed by atoms with Gasteiger partial charge >= 0.3 is 0 Å². The number of nitrogens with zero attached hydrogens (tertiary/aromatic N) is 2. The maximum Gasteiger partial charge on any atom is 0.258 e. The summed E-state index contributed by atoms with van der Waals surface area (Å²) in [5, 5.41) is 9.73. The van der Waals surface area contributed by atoms with Crippen LogP contribution in [0.3, 0.4) is 0 Å². The molecule has 0 fully saturated rings. The van der Waals surface area contributed by atoms with Crippen LogP contribution in [-0.2, 0) is 11.2 Å². The summed E-state index contributed by atoms with van der Waals surface area (Å²) < 4.78 is 5.36. The van der Waals surface area contributed by atoms with Crippen molar-refractivity contribution in [2.45, 2.75) is 32.6 Å². The maximum atomic E-state index is 12.9. The average molecular weight is 376 g/mol. The number of carbonyl (C=O) groups is 2. The second-order valence-electron chi connectivity index (χ2n) is 7.03. The van der Waals surface area contributed by atoms with E-state index in [2.05, 4.69) is 20.8 Å². The summed E-state index contributed by atoms with van der Waals surface area (Å²) in [7, 11) is 0. The van der Waals surface area contributed by atoms with Gasteiger partial charge in [-0.2, -0.15) is 4.98 Å². The normalized spacial score (nSPS) is 13.2. The number of aryl methyl sites for hydroxylation is 1. The maximum absolute atomic E-state index is 12.9. The monoisotopic (exact) mass is 376 g/mol. The molecule has 7 heteroatoms. The first-order valence-corrected chi connectivity index (χ1v) is 9.18. The molecule has 0 saturated carbocycles. The molecule has 2 N–H and O–H groups in total. The molecular weight excluding hydrogens is 356 g/mol. The van der Waals surface area contributed by atoms with Gasteiger partial charge in [-0.25, -0.2) is 0 Å². The van der Waals surface area contributed by atoms with Gasteiger partial charge in [-0.05, 0) is 42.3 Å². The SMILES string of the molecule is CC(C)c1noc(-c2ccccc2C(=O)Nc2ccc3c(c2)CCC(=O)N3)n1. The van der Waals surface area contributed by atoms with Crippen molar-refractivity contribution >= 4 is 23.2 Å². The zero-order valence-corrected chi connectivity index (χ0v) is 15.7. The molecule has 1 aliphatic heterocycles. The van der Waals surface area contributed by atoms with Gasteiger partial charge in [0.05, 0.1) is 11.1 Å². The third-order valence-corrected chi connectivity index (χ3v) is 4.62. The van der Waals surface area contributed by atoms with Crippen LogP contribution >= 0.6 is 0 Å². The van der Waals surface area contributed by atoms with Crippen molar-refractivity contribution in [3.05, 3.63) is 59.4 Å². The second-order valence-corrected chi connectivity index (χ2v) is 7.03.